The molecule has 2 fully saturated rings. The highest BCUT2D eigenvalue weighted by Gasteiger charge is 2.37. The van der Waals surface area contributed by atoms with Crippen LogP contribution in [0.4, 0.5) is 0 Å². The lowest BCUT2D eigenvalue weighted by Gasteiger charge is -2.34. The smallest absolute Gasteiger partial charge is 0.258 e. The topological polar surface area (TPSA) is 71.0 Å². The van der Waals surface area contributed by atoms with Crippen molar-refractivity contribution in [1.82, 2.24) is 10.2 Å². The average molecular weight is 369 g/mol. The molecule has 2 N–H and O–H groups in total. The first-order valence-corrected chi connectivity index (χ1v) is 9.07. The molecule has 1 amide bonds. The van der Waals surface area contributed by atoms with Crippen molar-refractivity contribution < 1.29 is 19.4 Å². The first-order chi connectivity index (χ1) is 12.0. The Morgan fingerprint density at radius 3 is 3.08 bits per heavy atom. The fourth-order valence-corrected chi connectivity index (χ4v) is 3.78. The average Bonchev–Trinajstić information content (AvgIpc) is 2.95. The number of carbonyl (C=O) groups is 1. The van der Waals surface area contributed by atoms with Gasteiger partial charge in [-0.1, -0.05) is 11.6 Å². The molecular formula is C18H25ClN2O4. The summed E-state index contributed by atoms with van der Waals surface area (Å²) in [5.74, 6) is 0.552. The lowest BCUT2D eigenvalue weighted by Crippen LogP contribution is -2.46. The Bertz CT molecular complexity index is 613. The summed E-state index contributed by atoms with van der Waals surface area (Å²) < 4.78 is 11.4. The summed E-state index contributed by atoms with van der Waals surface area (Å²) in [5.41, 5.74) is 0.908. The highest BCUT2D eigenvalue weighted by Crippen LogP contribution is 2.24. The Labute approximate surface area is 153 Å². The normalized spacial score (nSPS) is 26.3. The summed E-state index contributed by atoms with van der Waals surface area (Å²) in [4.78, 5) is 14.5. The van der Waals surface area contributed by atoms with E-state index in [2.05, 4.69) is 10.2 Å². The van der Waals surface area contributed by atoms with Crippen molar-refractivity contribution in [2.45, 2.75) is 38.0 Å². The van der Waals surface area contributed by atoms with Crippen molar-refractivity contribution >= 4 is 17.5 Å². The van der Waals surface area contributed by atoms with E-state index in [0.29, 0.717) is 29.8 Å². The van der Waals surface area contributed by atoms with Crippen LogP contribution in [0.2, 0.25) is 5.02 Å². The van der Waals surface area contributed by atoms with Gasteiger partial charge >= 0.3 is 0 Å². The first kappa shape index (κ1) is 18.5. The molecule has 2 aliphatic rings. The van der Waals surface area contributed by atoms with Crippen molar-refractivity contribution in [3.8, 4) is 5.75 Å². The lowest BCUT2D eigenvalue weighted by molar-refractivity contribution is -0.123. The van der Waals surface area contributed by atoms with Gasteiger partial charge in [0.05, 0.1) is 12.7 Å². The van der Waals surface area contributed by atoms with Gasteiger partial charge in [0.1, 0.15) is 5.75 Å². The Morgan fingerprint density at radius 1 is 1.48 bits per heavy atom. The second-order valence-electron chi connectivity index (χ2n) is 6.77. The molecule has 0 spiro atoms. The number of carbonyl (C=O) groups excluding carboxylic acids is 1. The lowest BCUT2D eigenvalue weighted by atomic mass is 10.1. The first-order valence-electron chi connectivity index (χ1n) is 8.70. The van der Waals surface area contributed by atoms with E-state index in [-0.39, 0.29) is 31.3 Å². The summed E-state index contributed by atoms with van der Waals surface area (Å²) in [6.45, 7) is 4.34. The number of morpholine rings is 1. The maximum Gasteiger partial charge on any atom is 0.258 e. The van der Waals surface area contributed by atoms with Gasteiger partial charge in [0.25, 0.3) is 5.91 Å². The van der Waals surface area contributed by atoms with Crippen LogP contribution >= 0.6 is 11.6 Å². The molecule has 7 heteroatoms. The van der Waals surface area contributed by atoms with E-state index >= 15 is 0 Å². The van der Waals surface area contributed by atoms with Gasteiger partial charge in [0, 0.05) is 36.8 Å². The molecule has 25 heavy (non-hydrogen) atoms. The van der Waals surface area contributed by atoms with Crippen molar-refractivity contribution in [1.29, 1.82) is 0 Å². The molecule has 2 saturated heterocycles. The van der Waals surface area contributed by atoms with Gasteiger partial charge in [-0.05, 0) is 43.5 Å². The number of hydrogen-bond acceptors (Lipinski definition) is 5. The van der Waals surface area contributed by atoms with Gasteiger partial charge in [0.15, 0.2) is 6.61 Å². The van der Waals surface area contributed by atoms with E-state index < -0.39 is 0 Å². The molecule has 0 saturated carbocycles. The van der Waals surface area contributed by atoms with Crippen LogP contribution in [0.3, 0.4) is 0 Å². The molecule has 3 rings (SSSR count). The van der Waals surface area contributed by atoms with E-state index in [1.807, 2.05) is 13.0 Å². The van der Waals surface area contributed by atoms with Crippen LogP contribution in [0.15, 0.2) is 18.2 Å². The van der Waals surface area contributed by atoms with Crippen molar-refractivity contribution in [2.24, 2.45) is 0 Å². The van der Waals surface area contributed by atoms with Gasteiger partial charge in [0.2, 0.25) is 0 Å². The number of benzene rings is 1. The molecule has 2 heterocycles. The summed E-state index contributed by atoms with van der Waals surface area (Å²) in [5, 5.41) is 12.7. The maximum atomic E-state index is 12.2. The van der Waals surface area contributed by atoms with Crippen LogP contribution in [0.5, 0.6) is 5.75 Å². The fourth-order valence-electron chi connectivity index (χ4n) is 3.55. The summed E-state index contributed by atoms with van der Waals surface area (Å²) in [6.07, 6.45) is 1.64. The fraction of sp³-hybridized carbons (Fsp3) is 0.611. The third-order valence-corrected chi connectivity index (χ3v) is 5.04. The van der Waals surface area contributed by atoms with Gasteiger partial charge in [-0.3, -0.25) is 9.69 Å². The summed E-state index contributed by atoms with van der Waals surface area (Å²) in [7, 11) is 0. The molecule has 0 aromatic heterocycles. The molecule has 0 radical (unpaired) electrons. The Hall–Kier alpha value is -1.34. The van der Waals surface area contributed by atoms with Crippen LogP contribution < -0.4 is 10.1 Å². The Balaban J connectivity index is 1.44. The summed E-state index contributed by atoms with van der Waals surface area (Å²) >= 11 is 5.92. The molecule has 0 aliphatic carbocycles. The van der Waals surface area contributed by atoms with E-state index in [4.69, 9.17) is 26.2 Å². The van der Waals surface area contributed by atoms with E-state index in [1.165, 1.54) is 0 Å². The van der Waals surface area contributed by atoms with Gasteiger partial charge < -0.3 is 19.9 Å². The predicted octanol–water partition coefficient (Wildman–Crippen LogP) is 1.37. The Morgan fingerprint density at radius 2 is 2.32 bits per heavy atom. The van der Waals surface area contributed by atoms with Crippen molar-refractivity contribution in [3.63, 3.8) is 0 Å². The van der Waals surface area contributed by atoms with Crippen LogP contribution in [-0.4, -0.2) is 67.0 Å². The highest BCUT2D eigenvalue weighted by molar-refractivity contribution is 6.30. The highest BCUT2D eigenvalue weighted by atomic mass is 35.5. The number of rotatable bonds is 6. The monoisotopic (exact) mass is 368 g/mol. The quantitative estimate of drug-likeness (QED) is 0.793. The number of ether oxygens (including phenoxy) is 2. The Kier molecular flexibility index (Phi) is 6.17. The van der Waals surface area contributed by atoms with Gasteiger partial charge in [-0.25, -0.2) is 0 Å². The zero-order valence-electron chi connectivity index (χ0n) is 14.4. The molecule has 2 aliphatic heterocycles. The van der Waals surface area contributed by atoms with Crippen LogP contribution in [-0.2, 0) is 9.53 Å². The molecule has 1 aromatic rings. The van der Waals surface area contributed by atoms with E-state index in [0.717, 1.165) is 25.1 Å². The third-order valence-electron chi connectivity index (χ3n) is 4.80. The zero-order chi connectivity index (χ0) is 17.8. The number of fused-ring (bicyclic) bond motifs is 1. The molecule has 0 bridgehead atoms. The van der Waals surface area contributed by atoms with Crippen molar-refractivity contribution in [2.75, 3.05) is 32.9 Å². The van der Waals surface area contributed by atoms with Gasteiger partial charge in [-0.15, -0.1) is 0 Å². The minimum Gasteiger partial charge on any atom is -0.484 e. The molecular weight excluding hydrogens is 344 g/mol. The summed E-state index contributed by atoms with van der Waals surface area (Å²) in [6, 6.07) is 5.80. The largest absolute Gasteiger partial charge is 0.484 e. The SMILES string of the molecule is Cc1cc(Cl)ccc1OCC(=O)N[C@@H]1C[C@H]2CO[C@@H](CCO)CN2C1. The van der Waals surface area contributed by atoms with Gasteiger partial charge in [-0.2, -0.15) is 0 Å². The molecule has 138 valence electrons. The van der Waals surface area contributed by atoms with E-state index in [9.17, 15) is 4.79 Å². The van der Waals surface area contributed by atoms with Crippen LogP contribution in [0.25, 0.3) is 0 Å². The minimum atomic E-state index is -0.118. The number of hydrogen-bond donors (Lipinski definition) is 2. The second kappa shape index (κ2) is 8.36. The molecule has 0 unspecified atom stereocenters. The standard InChI is InChI=1S/C18H25ClN2O4/c1-12-6-13(19)2-3-17(12)25-11-18(23)20-14-7-15-10-24-16(4-5-22)9-21(15)8-14/h2-3,6,14-16,22H,4-5,7-11H2,1H3,(H,20,23)/t14-,15+,16+/m1/s1. The van der Waals surface area contributed by atoms with Crippen LogP contribution in [0.1, 0.15) is 18.4 Å². The minimum absolute atomic E-state index is 0.00667. The number of aryl methyl sites for hydroxylation is 1. The zero-order valence-corrected chi connectivity index (χ0v) is 15.2. The number of aliphatic hydroxyl groups excluding tert-OH is 1. The number of nitrogens with one attached hydrogen (secondary N) is 1. The molecule has 6 nitrogen and oxygen atoms in total. The molecule has 1 aromatic carbocycles. The predicted molar refractivity (Wildman–Crippen MR) is 95.0 cm³/mol. The third kappa shape index (κ3) is 4.85. The number of halogens is 1. The number of amides is 1. The molecule has 3 atom stereocenters. The second-order valence-corrected chi connectivity index (χ2v) is 7.21. The van der Waals surface area contributed by atoms with E-state index in [1.54, 1.807) is 12.1 Å². The number of nitrogens with zero attached hydrogens (tertiary/aromatic N) is 1. The number of aliphatic hydroxyl groups is 1. The van der Waals surface area contributed by atoms with Crippen molar-refractivity contribution in [3.05, 3.63) is 28.8 Å². The maximum absolute atomic E-state index is 12.2. The van der Waals surface area contributed by atoms with Crippen LogP contribution in [0, 0.1) is 6.92 Å².